The normalized spacial score (nSPS) is 11.0. The van der Waals surface area contributed by atoms with E-state index in [1.54, 1.807) is 27.0 Å². The summed E-state index contributed by atoms with van der Waals surface area (Å²) < 4.78 is 5.16. The number of esters is 1. The summed E-state index contributed by atoms with van der Waals surface area (Å²) >= 11 is 0. The van der Waals surface area contributed by atoms with Crippen molar-refractivity contribution in [3.05, 3.63) is 29.6 Å². The van der Waals surface area contributed by atoms with Gasteiger partial charge >= 0.3 is 5.97 Å². The van der Waals surface area contributed by atoms with Gasteiger partial charge in [0.1, 0.15) is 5.60 Å². The minimum Gasteiger partial charge on any atom is -0.460 e. The summed E-state index contributed by atoms with van der Waals surface area (Å²) in [6.45, 7) is 7.84. The maximum absolute atomic E-state index is 11.7. The molecule has 0 aliphatic heterocycles. The summed E-state index contributed by atoms with van der Waals surface area (Å²) in [7, 11) is 0. The summed E-state index contributed by atoms with van der Waals surface area (Å²) in [6, 6.07) is 3.88. The molecule has 1 aromatic heterocycles. The molecular weight excluding hydrogens is 268 g/mol. The molecule has 1 heterocycles. The second-order valence-electron chi connectivity index (χ2n) is 5.83. The predicted octanol–water partition coefficient (Wildman–Crippen LogP) is 2.38. The SMILES string of the molecule is CCc1cccnc1CNC(=O)CCC(=O)OC(C)(C)C. The highest BCUT2D eigenvalue weighted by atomic mass is 16.6. The predicted molar refractivity (Wildman–Crippen MR) is 80.5 cm³/mol. The highest BCUT2D eigenvalue weighted by molar-refractivity contribution is 5.81. The zero-order valence-corrected chi connectivity index (χ0v) is 13.2. The van der Waals surface area contributed by atoms with E-state index in [1.165, 1.54) is 0 Å². The van der Waals surface area contributed by atoms with Gasteiger partial charge < -0.3 is 10.1 Å². The van der Waals surface area contributed by atoms with E-state index in [1.807, 2.05) is 19.1 Å². The number of nitrogens with one attached hydrogen (secondary N) is 1. The lowest BCUT2D eigenvalue weighted by atomic mass is 10.1. The van der Waals surface area contributed by atoms with Gasteiger partial charge in [-0.2, -0.15) is 0 Å². The zero-order valence-electron chi connectivity index (χ0n) is 13.2. The van der Waals surface area contributed by atoms with Crippen LogP contribution < -0.4 is 5.32 Å². The van der Waals surface area contributed by atoms with Crippen LogP contribution in [0.5, 0.6) is 0 Å². The fourth-order valence-corrected chi connectivity index (χ4v) is 1.83. The van der Waals surface area contributed by atoms with Crippen molar-refractivity contribution in [3.8, 4) is 0 Å². The van der Waals surface area contributed by atoms with Crippen molar-refractivity contribution in [2.24, 2.45) is 0 Å². The topological polar surface area (TPSA) is 68.3 Å². The van der Waals surface area contributed by atoms with Crippen LogP contribution in [0.15, 0.2) is 18.3 Å². The Hall–Kier alpha value is -1.91. The van der Waals surface area contributed by atoms with Gasteiger partial charge in [0.05, 0.1) is 18.7 Å². The largest absolute Gasteiger partial charge is 0.460 e. The van der Waals surface area contributed by atoms with Gasteiger partial charge in [0.15, 0.2) is 0 Å². The van der Waals surface area contributed by atoms with Gasteiger partial charge in [0.2, 0.25) is 5.91 Å². The number of carbonyl (C=O) groups excluding carboxylic acids is 2. The molecule has 1 rings (SSSR count). The molecule has 0 radical (unpaired) electrons. The van der Waals surface area contributed by atoms with Crippen LogP contribution in [-0.4, -0.2) is 22.5 Å². The Kier molecular flexibility index (Phi) is 6.34. The number of ether oxygens (including phenoxy) is 1. The summed E-state index contributed by atoms with van der Waals surface area (Å²) in [4.78, 5) is 27.5. The van der Waals surface area contributed by atoms with E-state index in [0.29, 0.717) is 6.54 Å². The molecular formula is C16H24N2O3. The Bertz CT molecular complexity index is 493. The molecule has 21 heavy (non-hydrogen) atoms. The summed E-state index contributed by atoms with van der Waals surface area (Å²) in [6.07, 6.45) is 2.80. The number of aryl methyl sites for hydroxylation is 1. The maximum Gasteiger partial charge on any atom is 0.306 e. The molecule has 0 atom stereocenters. The molecule has 0 unspecified atom stereocenters. The first-order valence-electron chi connectivity index (χ1n) is 7.23. The molecule has 0 fully saturated rings. The summed E-state index contributed by atoms with van der Waals surface area (Å²) in [5, 5.41) is 2.78. The molecule has 116 valence electrons. The second kappa shape index (κ2) is 7.76. The van der Waals surface area contributed by atoms with E-state index in [-0.39, 0.29) is 24.7 Å². The Morgan fingerprint density at radius 3 is 2.62 bits per heavy atom. The van der Waals surface area contributed by atoms with Crippen molar-refractivity contribution in [3.63, 3.8) is 0 Å². The number of aromatic nitrogens is 1. The van der Waals surface area contributed by atoms with E-state index >= 15 is 0 Å². The Morgan fingerprint density at radius 2 is 2.00 bits per heavy atom. The molecule has 0 aliphatic carbocycles. The van der Waals surface area contributed by atoms with E-state index < -0.39 is 5.60 Å². The molecule has 0 aliphatic rings. The highest BCUT2D eigenvalue weighted by Crippen LogP contribution is 2.09. The van der Waals surface area contributed by atoms with Gasteiger partial charge in [-0.3, -0.25) is 14.6 Å². The average molecular weight is 292 g/mol. The molecule has 0 saturated carbocycles. The van der Waals surface area contributed by atoms with Crippen molar-refractivity contribution in [2.45, 2.75) is 59.1 Å². The summed E-state index contributed by atoms with van der Waals surface area (Å²) in [5.74, 6) is -0.529. The first-order chi connectivity index (χ1) is 9.81. The van der Waals surface area contributed by atoms with Crippen LogP contribution in [0, 0.1) is 0 Å². The molecule has 5 heteroatoms. The van der Waals surface area contributed by atoms with E-state index in [9.17, 15) is 9.59 Å². The zero-order chi connectivity index (χ0) is 15.9. The molecule has 1 amide bonds. The number of nitrogens with zero attached hydrogens (tertiary/aromatic N) is 1. The van der Waals surface area contributed by atoms with Gasteiger partial charge in [-0.1, -0.05) is 13.0 Å². The molecule has 0 spiro atoms. The Balaban J connectivity index is 2.36. The lowest BCUT2D eigenvalue weighted by molar-refractivity contribution is -0.155. The Morgan fingerprint density at radius 1 is 1.29 bits per heavy atom. The van der Waals surface area contributed by atoms with Crippen LogP contribution in [0.1, 0.15) is 51.8 Å². The van der Waals surface area contributed by atoms with E-state index in [4.69, 9.17) is 4.74 Å². The monoisotopic (exact) mass is 292 g/mol. The number of rotatable bonds is 6. The minimum atomic E-state index is -0.516. The van der Waals surface area contributed by atoms with Gasteiger partial charge in [0, 0.05) is 12.6 Å². The van der Waals surface area contributed by atoms with Crippen molar-refractivity contribution in [1.82, 2.24) is 10.3 Å². The van der Waals surface area contributed by atoms with Crippen LogP contribution in [0.4, 0.5) is 0 Å². The molecule has 1 N–H and O–H groups in total. The van der Waals surface area contributed by atoms with Crippen LogP contribution >= 0.6 is 0 Å². The van der Waals surface area contributed by atoms with Crippen molar-refractivity contribution in [1.29, 1.82) is 0 Å². The number of carbonyl (C=O) groups is 2. The van der Waals surface area contributed by atoms with Crippen LogP contribution in [0.2, 0.25) is 0 Å². The maximum atomic E-state index is 11.7. The van der Waals surface area contributed by atoms with Crippen LogP contribution in [0.25, 0.3) is 0 Å². The molecule has 1 aromatic rings. The fourth-order valence-electron chi connectivity index (χ4n) is 1.83. The smallest absolute Gasteiger partial charge is 0.306 e. The number of amides is 1. The van der Waals surface area contributed by atoms with Crippen molar-refractivity contribution < 1.29 is 14.3 Å². The van der Waals surface area contributed by atoms with Gasteiger partial charge in [-0.15, -0.1) is 0 Å². The number of pyridine rings is 1. The lowest BCUT2D eigenvalue weighted by Crippen LogP contribution is -2.27. The molecule has 0 saturated heterocycles. The average Bonchev–Trinajstić information content (AvgIpc) is 2.41. The van der Waals surface area contributed by atoms with E-state index in [2.05, 4.69) is 10.3 Å². The fraction of sp³-hybridized carbons (Fsp3) is 0.562. The quantitative estimate of drug-likeness (QED) is 0.817. The number of hydrogen-bond acceptors (Lipinski definition) is 4. The third kappa shape index (κ3) is 6.88. The first-order valence-corrected chi connectivity index (χ1v) is 7.23. The van der Waals surface area contributed by atoms with Crippen LogP contribution in [0.3, 0.4) is 0 Å². The first kappa shape index (κ1) is 17.1. The van der Waals surface area contributed by atoms with Gasteiger partial charge in [0.25, 0.3) is 0 Å². The molecule has 0 bridgehead atoms. The Labute approximate surface area is 126 Å². The standard InChI is InChI=1S/C16H24N2O3/c1-5-12-7-6-10-17-13(12)11-18-14(19)8-9-15(20)21-16(2,3)4/h6-7,10H,5,8-9,11H2,1-4H3,(H,18,19). The van der Waals surface area contributed by atoms with Crippen molar-refractivity contribution in [2.75, 3.05) is 0 Å². The summed E-state index contributed by atoms with van der Waals surface area (Å²) in [5.41, 5.74) is 1.47. The van der Waals surface area contributed by atoms with Crippen molar-refractivity contribution >= 4 is 11.9 Å². The highest BCUT2D eigenvalue weighted by Gasteiger charge is 2.17. The molecule has 5 nitrogen and oxygen atoms in total. The third-order valence-corrected chi connectivity index (χ3v) is 2.79. The second-order valence-corrected chi connectivity index (χ2v) is 5.83. The van der Waals surface area contributed by atoms with Gasteiger partial charge in [-0.05, 0) is 38.8 Å². The lowest BCUT2D eigenvalue weighted by Gasteiger charge is -2.19. The van der Waals surface area contributed by atoms with Gasteiger partial charge in [-0.25, -0.2) is 0 Å². The minimum absolute atomic E-state index is 0.0892. The molecule has 0 aromatic carbocycles. The van der Waals surface area contributed by atoms with E-state index in [0.717, 1.165) is 17.7 Å². The third-order valence-electron chi connectivity index (χ3n) is 2.79. The number of hydrogen-bond donors (Lipinski definition) is 1. The van der Waals surface area contributed by atoms with Crippen LogP contribution in [-0.2, 0) is 27.3 Å².